The van der Waals surface area contributed by atoms with E-state index >= 15 is 0 Å². The number of thioether (sulfide) groups is 1. The van der Waals surface area contributed by atoms with Crippen LogP contribution in [0.1, 0.15) is 6.92 Å². The quantitative estimate of drug-likeness (QED) is 0.493. The first kappa shape index (κ1) is 6.34. The molecule has 2 aliphatic rings. The molecule has 56 valence electrons. The second-order valence-electron chi connectivity index (χ2n) is 3.08. The third-order valence-corrected chi connectivity index (χ3v) is 3.53. The van der Waals surface area contributed by atoms with Crippen molar-refractivity contribution in [3.63, 3.8) is 0 Å². The number of fused-ring (bicyclic) bond motifs is 1. The van der Waals surface area contributed by atoms with Crippen molar-refractivity contribution in [1.82, 2.24) is 10.6 Å². The highest BCUT2D eigenvalue weighted by atomic mass is 32.2. The Kier molecular flexibility index (Phi) is 1.15. The van der Waals surface area contributed by atoms with Crippen LogP contribution in [0.4, 0.5) is 4.79 Å². The molecule has 0 radical (unpaired) electrons. The van der Waals surface area contributed by atoms with Gasteiger partial charge >= 0.3 is 6.03 Å². The molecule has 0 unspecified atom stereocenters. The number of carbonyl (C=O) groups is 1. The van der Waals surface area contributed by atoms with Crippen LogP contribution >= 0.6 is 11.8 Å². The van der Waals surface area contributed by atoms with Crippen LogP contribution in [0.5, 0.6) is 0 Å². The van der Waals surface area contributed by atoms with Crippen LogP contribution in [0.2, 0.25) is 0 Å². The molecule has 2 amide bonds. The molecule has 2 heterocycles. The zero-order chi connectivity index (χ0) is 7.19. The Labute approximate surface area is 63.9 Å². The van der Waals surface area contributed by atoms with Crippen LogP contribution in [-0.2, 0) is 0 Å². The SMILES string of the molecule is C[C@]12CSC[C@H]1NC(=O)N2. The Bertz CT molecular complexity index is 185. The fourth-order valence-corrected chi connectivity index (χ4v) is 2.95. The summed E-state index contributed by atoms with van der Waals surface area (Å²) in [5.41, 5.74) is 0.0295. The van der Waals surface area contributed by atoms with Crippen LogP contribution in [0.15, 0.2) is 0 Å². The van der Waals surface area contributed by atoms with E-state index in [4.69, 9.17) is 0 Å². The first-order chi connectivity index (χ1) is 4.71. The molecular weight excluding hydrogens is 148 g/mol. The Hall–Kier alpha value is -0.380. The van der Waals surface area contributed by atoms with E-state index in [0.29, 0.717) is 6.04 Å². The molecule has 0 aromatic heterocycles. The lowest BCUT2D eigenvalue weighted by atomic mass is 9.99. The molecule has 3 nitrogen and oxygen atoms in total. The first-order valence-electron chi connectivity index (χ1n) is 3.37. The highest BCUT2D eigenvalue weighted by Crippen LogP contribution is 2.30. The fraction of sp³-hybridized carbons (Fsp3) is 0.833. The number of carbonyl (C=O) groups excluding carboxylic acids is 1. The molecule has 2 rings (SSSR count). The third kappa shape index (κ3) is 0.714. The molecule has 2 N–H and O–H groups in total. The predicted molar refractivity (Wildman–Crippen MR) is 41.2 cm³/mol. The van der Waals surface area contributed by atoms with Gasteiger partial charge < -0.3 is 10.6 Å². The molecule has 0 aromatic rings. The van der Waals surface area contributed by atoms with Crippen molar-refractivity contribution in [2.45, 2.75) is 18.5 Å². The highest BCUT2D eigenvalue weighted by Gasteiger charge is 2.46. The summed E-state index contributed by atoms with van der Waals surface area (Å²) in [5, 5.41) is 5.81. The van der Waals surface area contributed by atoms with Gasteiger partial charge in [-0.25, -0.2) is 4.79 Å². The van der Waals surface area contributed by atoms with E-state index in [9.17, 15) is 4.79 Å². The van der Waals surface area contributed by atoms with Crippen LogP contribution < -0.4 is 10.6 Å². The largest absolute Gasteiger partial charge is 0.332 e. The van der Waals surface area contributed by atoms with Crippen LogP contribution in [0.25, 0.3) is 0 Å². The summed E-state index contributed by atoms with van der Waals surface area (Å²) >= 11 is 1.89. The van der Waals surface area contributed by atoms with Gasteiger partial charge in [-0.3, -0.25) is 0 Å². The summed E-state index contributed by atoms with van der Waals surface area (Å²) in [4.78, 5) is 10.8. The molecule has 2 fully saturated rings. The van der Waals surface area contributed by atoms with Crippen LogP contribution in [-0.4, -0.2) is 29.1 Å². The van der Waals surface area contributed by atoms with Gasteiger partial charge in [0.2, 0.25) is 0 Å². The standard InChI is InChI=1S/C6H10N2OS/c1-6-3-10-2-4(6)7-5(9)8-6/h4H,2-3H2,1H3,(H2,7,8,9)/t4-,6+/m1/s1. The lowest BCUT2D eigenvalue weighted by Gasteiger charge is -2.20. The first-order valence-corrected chi connectivity index (χ1v) is 4.53. The zero-order valence-electron chi connectivity index (χ0n) is 5.81. The van der Waals surface area contributed by atoms with E-state index in [0.717, 1.165) is 11.5 Å². The summed E-state index contributed by atoms with van der Waals surface area (Å²) in [5.74, 6) is 2.09. The second kappa shape index (κ2) is 1.81. The maximum Gasteiger partial charge on any atom is 0.315 e. The van der Waals surface area contributed by atoms with Gasteiger partial charge in [-0.1, -0.05) is 0 Å². The minimum Gasteiger partial charge on any atom is -0.332 e. The lowest BCUT2D eigenvalue weighted by molar-refractivity contribution is 0.246. The van der Waals surface area contributed by atoms with Gasteiger partial charge in [0.25, 0.3) is 0 Å². The smallest absolute Gasteiger partial charge is 0.315 e. The Balaban J connectivity index is 2.22. The molecule has 0 bridgehead atoms. The van der Waals surface area contributed by atoms with Crippen molar-refractivity contribution in [2.24, 2.45) is 0 Å². The van der Waals surface area contributed by atoms with E-state index < -0.39 is 0 Å². The molecule has 2 aliphatic heterocycles. The average Bonchev–Trinajstić information content (AvgIpc) is 2.20. The number of hydrogen-bond acceptors (Lipinski definition) is 2. The van der Waals surface area contributed by atoms with Gasteiger partial charge in [0.15, 0.2) is 0 Å². The van der Waals surface area contributed by atoms with E-state index in [2.05, 4.69) is 17.6 Å². The summed E-state index contributed by atoms with van der Waals surface area (Å²) in [7, 11) is 0. The molecular formula is C6H10N2OS. The number of hydrogen-bond donors (Lipinski definition) is 2. The van der Waals surface area contributed by atoms with Crippen LogP contribution in [0.3, 0.4) is 0 Å². The highest BCUT2D eigenvalue weighted by molar-refractivity contribution is 7.99. The molecule has 0 saturated carbocycles. The molecule has 2 atom stereocenters. The van der Waals surface area contributed by atoms with Crippen molar-refractivity contribution < 1.29 is 4.79 Å². The number of urea groups is 1. The fourth-order valence-electron chi connectivity index (χ4n) is 1.45. The molecule has 2 saturated heterocycles. The van der Waals surface area contributed by atoms with Crippen LogP contribution in [0, 0.1) is 0 Å². The van der Waals surface area contributed by atoms with Gasteiger partial charge in [0, 0.05) is 11.5 Å². The van der Waals surface area contributed by atoms with Crippen molar-refractivity contribution >= 4 is 17.8 Å². The molecule has 4 heteroatoms. The molecule has 0 aliphatic carbocycles. The third-order valence-electron chi connectivity index (χ3n) is 2.16. The minimum absolute atomic E-state index is 0.00667. The number of nitrogens with one attached hydrogen (secondary N) is 2. The maximum atomic E-state index is 10.8. The molecule has 0 spiro atoms. The molecule has 0 aromatic carbocycles. The number of rotatable bonds is 0. The average molecular weight is 158 g/mol. The predicted octanol–water partition coefficient (Wildman–Crippen LogP) is 0.173. The van der Waals surface area contributed by atoms with Gasteiger partial charge in [-0.15, -0.1) is 0 Å². The second-order valence-corrected chi connectivity index (χ2v) is 4.11. The van der Waals surface area contributed by atoms with Crippen molar-refractivity contribution in [1.29, 1.82) is 0 Å². The maximum absolute atomic E-state index is 10.8. The van der Waals surface area contributed by atoms with Crippen molar-refractivity contribution in [3.8, 4) is 0 Å². The van der Waals surface area contributed by atoms with E-state index in [-0.39, 0.29) is 11.6 Å². The lowest BCUT2D eigenvalue weighted by Crippen LogP contribution is -2.45. The number of amides is 2. The summed E-state index contributed by atoms with van der Waals surface area (Å²) < 4.78 is 0. The molecule has 10 heavy (non-hydrogen) atoms. The Morgan fingerprint density at radius 1 is 1.80 bits per heavy atom. The zero-order valence-corrected chi connectivity index (χ0v) is 6.62. The summed E-state index contributed by atoms with van der Waals surface area (Å²) in [6.07, 6.45) is 0. The Morgan fingerprint density at radius 2 is 2.60 bits per heavy atom. The van der Waals surface area contributed by atoms with Crippen molar-refractivity contribution in [3.05, 3.63) is 0 Å². The van der Waals surface area contributed by atoms with Gasteiger partial charge in [-0.2, -0.15) is 11.8 Å². The van der Waals surface area contributed by atoms with Crippen molar-refractivity contribution in [2.75, 3.05) is 11.5 Å². The summed E-state index contributed by atoms with van der Waals surface area (Å²) in [6.45, 7) is 2.09. The topological polar surface area (TPSA) is 41.1 Å². The van der Waals surface area contributed by atoms with Gasteiger partial charge in [0.05, 0.1) is 11.6 Å². The minimum atomic E-state index is -0.00667. The normalized spacial score (nSPS) is 44.5. The van der Waals surface area contributed by atoms with E-state index in [1.165, 1.54) is 0 Å². The summed E-state index contributed by atoms with van der Waals surface area (Å²) in [6, 6.07) is 0.345. The monoisotopic (exact) mass is 158 g/mol. The van der Waals surface area contributed by atoms with Gasteiger partial charge in [0.1, 0.15) is 0 Å². The van der Waals surface area contributed by atoms with E-state index in [1.54, 1.807) is 0 Å². The Morgan fingerprint density at radius 3 is 3.30 bits per heavy atom. The van der Waals surface area contributed by atoms with Gasteiger partial charge in [-0.05, 0) is 6.92 Å². The van der Waals surface area contributed by atoms with E-state index in [1.807, 2.05) is 11.8 Å².